The lowest BCUT2D eigenvalue weighted by Crippen LogP contribution is -2.23. The summed E-state index contributed by atoms with van der Waals surface area (Å²) in [6, 6.07) is 17.2. The minimum atomic E-state index is -0.112. The molecule has 0 aliphatic rings. The first-order valence-corrected chi connectivity index (χ1v) is 9.08. The molecule has 0 saturated heterocycles. The number of benzene rings is 2. The van der Waals surface area contributed by atoms with E-state index in [1.54, 1.807) is 11.6 Å². The molecule has 1 amide bonds. The zero-order valence-electron chi connectivity index (χ0n) is 15.7. The minimum Gasteiger partial charge on any atom is -0.493 e. The molecule has 1 aromatic heterocycles. The van der Waals surface area contributed by atoms with E-state index in [1.807, 2.05) is 55.5 Å². The number of ether oxygens (including phenoxy) is 1. The number of amides is 1. The molecule has 140 valence electrons. The molecular weight excluding hydrogens is 340 g/mol. The summed E-state index contributed by atoms with van der Waals surface area (Å²) in [6.07, 6.45) is 0.970. The summed E-state index contributed by atoms with van der Waals surface area (Å²) >= 11 is 0. The lowest BCUT2D eigenvalue weighted by molar-refractivity contribution is -0.121. The summed E-state index contributed by atoms with van der Waals surface area (Å²) in [6.45, 7) is 2.95. The predicted octanol–water partition coefficient (Wildman–Crippen LogP) is 3.32. The number of hydrogen-bond acceptors (Lipinski definition) is 3. The van der Waals surface area contributed by atoms with Crippen LogP contribution in [0.25, 0.3) is 10.9 Å². The van der Waals surface area contributed by atoms with Crippen LogP contribution in [0.3, 0.4) is 0 Å². The highest BCUT2D eigenvalue weighted by Gasteiger charge is 2.08. The molecule has 5 heteroatoms. The fraction of sp³-hybridized carbons (Fsp3) is 0.273. The Kier molecular flexibility index (Phi) is 5.91. The van der Waals surface area contributed by atoms with Gasteiger partial charge in [0.2, 0.25) is 5.91 Å². The molecule has 3 rings (SSSR count). The Balaban J connectivity index is 1.49. The molecule has 1 heterocycles. The van der Waals surface area contributed by atoms with Gasteiger partial charge in [-0.2, -0.15) is 0 Å². The third kappa shape index (κ3) is 4.76. The van der Waals surface area contributed by atoms with Crippen molar-refractivity contribution in [3.63, 3.8) is 0 Å². The van der Waals surface area contributed by atoms with Crippen LogP contribution in [0.1, 0.15) is 24.0 Å². The average Bonchev–Trinajstić information content (AvgIpc) is 2.68. The molecule has 2 aromatic carbocycles. The van der Waals surface area contributed by atoms with Crippen LogP contribution in [0, 0.1) is 6.92 Å². The number of pyridine rings is 1. The summed E-state index contributed by atoms with van der Waals surface area (Å²) < 4.78 is 7.39. The second kappa shape index (κ2) is 8.54. The van der Waals surface area contributed by atoms with Gasteiger partial charge in [-0.15, -0.1) is 0 Å². The number of nitrogens with zero attached hydrogens (tertiary/aromatic N) is 1. The first-order chi connectivity index (χ1) is 13.0. The van der Waals surface area contributed by atoms with Crippen molar-refractivity contribution in [1.29, 1.82) is 0 Å². The molecule has 3 aromatic rings. The van der Waals surface area contributed by atoms with Gasteiger partial charge in [0.05, 0.1) is 12.1 Å². The number of hydrogen-bond donors (Lipinski definition) is 1. The number of aromatic nitrogens is 1. The maximum atomic E-state index is 12.1. The van der Waals surface area contributed by atoms with Gasteiger partial charge in [0.25, 0.3) is 5.56 Å². The van der Waals surface area contributed by atoms with Gasteiger partial charge in [0, 0.05) is 31.5 Å². The Hall–Kier alpha value is -3.08. The fourth-order valence-corrected chi connectivity index (χ4v) is 2.91. The highest BCUT2D eigenvalue weighted by atomic mass is 16.5. The summed E-state index contributed by atoms with van der Waals surface area (Å²) in [5.41, 5.74) is 3.00. The standard InChI is InChI=1S/C22H24N2O3/c1-16-9-11-17(12-10-16)15-23-21(25)8-5-13-27-20-14-22(26)24(2)19-7-4-3-6-18(19)20/h3-4,6-7,9-12,14H,5,8,13,15H2,1-2H3,(H,23,25). The van der Waals surface area contributed by atoms with E-state index in [0.29, 0.717) is 31.7 Å². The van der Waals surface area contributed by atoms with Gasteiger partial charge in [0.1, 0.15) is 5.75 Å². The number of fused-ring (bicyclic) bond motifs is 1. The topological polar surface area (TPSA) is 60.3 Å². The Morgan fingerprint density at radius 3 is 2.63 bits per heavy atom. The maximum absolute atomic E-state index is 12.1. The van der Waals surface area contributed by atoms with Gasteiger partial charge in [-0.3, -0.25) is 9.59 Å². The average molecular weight is 364 g/mol. The minimum absolute atomic E-state index is 0.00647. The second-order valence-electron chi connectivity index (χ2n) is 6.64. The quantitative estimate of drug-likeness (QED) is 0.654. The number of nitrogens with one attached hydrogen (secondary N) is 1. The molecule has 0 saturated carbocycles. The van der Waals surface area contributed by atoms with Crippen LogP contribution in [0.15, 0.2) is 59.4 Å². The molecule has 1 N–H and O–H groups in total. The largest absolute Gasteiger partial charge is 0.493 e. The van der Waals surface area contributed by atoms with Crippen molar-refractivity contribution >= 4 is 16.8 Å². The van der Waals surface area contributed by atoms with Crippen LogP contribution in [0.5, 0.6) is 5.75 Å². The Labute approximate surface area is 158 Å². The molecule has 0 spiro atoms. The van der Waals surface area contributed by atoms with E-state index in [4.69, 9.17) is 4.74 Å². The van der Waals surface area contributed by atoms with E-state index in [1.165, 1.54) is 11.6 Å². The van der Waals surface area contributed by atoms with Gasteiger partial charge in [-0.05, 0) is 31.0 Å². The lowest BCUT2D eigenvalue weighted by atomic mass is 10.1. The third-order valence-electron chi connectivity index (χ3n) is 4.53. The number of carbonyl (C=O) groups is 1. The lowest BCUT2D eigenvalue weighted by Gasteiger charge is -2.11. The van der Waals surface area contributed by atoms with Crippen molar-refractivity contribution in [1.82, 2.24) is 9.88 Å². The summed E-state index contributed by atoms with van der Waals surface area (Å²) in [5.74, 6) is 0.557. The van der Waals surface area contributed by atoms with E-state index >= 15 is 0 Å². The molecular formula is C22H24N2O3. The zero-order valence-corrected chi connectivity index (χ0v) is 15.7. The smallest absolute Gasteiger partial charge is 0.254 e. The van der Waals surface area contributed by atoms with Gasteiger partial charge in [-0.1, -0.05) is 42.0 Å². The van der Waals surface area contributed by atoms with Crippen LogP contribution >= 0.6 is 0 Å². The first-order valence-electron chi connectivity index (χ1n) is 9.08. The monoisotopic (exact) mass is 364 g/mol. The van der Waals surface area contributed by atoms with Crippen molar-refractivity contribution in [3.8, 4) is 5.75 Å². The molecule has 0 aliphatic heterocycles. The predicted molar refractivity (Wildman–Crippen MR) is 107 cm³/mol. The molecule has 27 heavy (non-hydrogen) atoms. The Morgan fingerprint density at radius 1 is 1.11 bits per heavy atom. The number of carbonyl (C=O) groups excluding carboxylic acids is 1. The number of rotatable bonds is 7. The molecule has 0 aliphatic carbocycles. The SMILES string of the molecule is Cc1ccc(CNC(=O)CCCOc2cc(=O)n(C)c3ccccc23)cc1. The molecule has 0 radical (unpaired) electrons. The van der Waals surface area contributed by atoms with Crippen molar-refractivity contribution < 1.29 is 9.53 Å². The molecule has 0 unspecified atom stereocenters. The van der Waals surface area contributed by atoms with Gasteiger partial charge in [0.15, 0.2) is 0 Å². The highest BCUT2D eigenvalue weighted by molar-refractivity contribution is 5.85. The van der Waals surface area contributed by atoms with Crippen LogP contribution in [0.4, 0.5) is 0 Å². The zero-order chi connectivity index (χ0) is 19.2. The molecule has 0 fully saturated rings. The summed E-state index contributed by atoms with van der Waals surface area (Å²) in [4.78, 5) is 24.0. The van der Waals surface area contributed by atoms with E-state index in [2.05, 4.69) is 5.32 Å². The fourth-order valence-electron chi connectivity index (χ4n) is 2.91. The summed E-state index contributed by atoms with van der Waals surface area (Å²) in [7, 11) is 1.74. The highest BCUT2D eigenvalue weighted by Crippen LogP contribution is 2.23. The van der Waals surface area contributed by atoms with Crippen molar-refractivity contribution in [3.05, 3.63) is 76.1 Å². The number of para-hydroxylation sites is 1. The summed E-state index contributed by atoms with van der Waals surface area (Å²) in [5, 5.41) is 3.81. The van der Waals surface area contributed by atoms with Crippen molar-refractivity contribution in [2.75, 3.05) is 6.61 Å². The van der Waals surface area contributed by atoms with E-state index in [-0.39, 0.29) is 11.5 Å². The van der Waals surface area contributed by atoms with Gasteiger partial charge < -0.3 is 14.6 Å². The Bertz CT molecular complexity index is 991. The van der Waals surface area contributed by atoms with Gasteiger partial charge >= 0.3 is 0 Å². The van der Waals surface area contributed by atoms with Crippen LogP contribution in [-0.2, 0) is 18.4 Å². The first kappa shape index (κ1) is 18.7. The molecule has 5 nitrogen and oxygen atoms in total. The molecule has 0 atom stereocenters. The van der Waals surface area contributed by atoms with Crippen LogP contribution in [0.2, 0.25) is 0 Å². The van der Waals surface area contributed by atoms with Gasteiger partial charge in [-0.25, -0.2) is 0 Å². The van der Waals surface area contributed by atoms with Crippen LogP contribution < -0.4 is 15.6 Å². The second-order valence-corrected chi connectivity index (χ2v) is 6.64. The third-order valence-corrected chi connectivity index (χ3v) is 4.53. The normalized spacial score (nSPS) is 10.7. The van der Waals surface area contributed by atoms with Crippen molar-refractivity contribution in [2.24, 2.45) is 7.05 Å². The van der Waals surface area contributed by atoms with Crippen LogP contribution in [-0.4, -0.2) is 17.1 Å². The molecule has 0 bridgehead atoms. The Morgan fingerprint density at radius 2 is 1.85 bits per heavy atom. The maximum Gasteiger partial charge on any atom is 0.254 e. The number of aryl methyl sites for hydroxylation is 2. The van der Waals surface area contributed by atoms with Crippen molar-refractivity contribution in [2.45, 2.75) is 26.3 Å². The van der Waals surface area contributed by atoms with E-state index < -0.39 is 0 Å². The van der Waals surface area contributed by atoms with E-state index in [9.17, 15) is 9.59 Å². The van der Waals surface area contributed by atoms with E-state index in [0.717, 1.165) is 16.5 Å².